The molecule has 0 aliphatic heterocycles. The summed E-state index contributed by atoms with van der Waals surface area (Å²) in [6, 6.07) is 6.73. The summed E-state index contributed by atoms with van der Waals surface area (Å²) in [5.74, 6) is -3.62. The van der Waals surface area contributed by atoms with Crippen LogP contribution in [0.1, 0.15) is 29.4 Å². The van der Waals surface area contributed by atoms with Gasteiger partial charge in [-0.3, -0.25) is 9.48 Å². The van der Waals surface area contributed by atoms with E-state index in [1.54, 1.807) is 29.3 Å². The van der Waals surface area contributed by atoms with Crippen LogP contribution in [0.3, 0.4) is 0 Å². The summed E-state index contributed by atoms with van der Waals surface area (Å²) < 4.78 is 43.3. The van der Waals surface area contributed by atoms with Crippen molar-refractivity contribution in [2.75, 3.05) is 5.32 Å². The fraction of sp³-hybridized carbons (Fsp3) is 0.208. The molecule has 0 aliphatic carbocycles. The lowest BCUT2D eigenvalue weighted by Crippen LogP contribution is -2.17. The summed E-state index contributed by atoms with van der Waals surface area (Å²) in [4.78, 5) is 24.8. The first-order valence-electron chi connectivity index (χ1n) is 10.4. The number of halogens is 3. The first kappa shape index (κ1) is 23.1. The number of aryl methyl sites for hydroxylation is 1. The molecular weight excluding hydrogens is 445 g/mol. The van der Waals surface area contributed by atoms with Gasteiger partial charge in [0.15, 0.2) is 0 Å². The number of hydrogen-bond acceptors (Lipinski definition) is 5. The molecule has 0 aliphatic rings. The second kappa shape index (κ2) is 9.42. The molecule has 10 heteroatoms. The molecule has 0 fully saturated rings. The topological polar surface area (TPSA) is 85.6 Å². The van der Waals surface area contributed by atoms with E-state index in [4.69, 9.17) is 0 Å². The second-order valence-corrected chi connectivity index (χ2v) is 7.94. The van der Waals surface area contributed by atoms with Crippen molar-refractivity contribution in [2.45, 2.75) is 25.7 Å². The first-order valence-corrected chi connectivity index (χ1v) is 10.4. The normalized spacial score (nSPS) is 11.4. The largest absolute Gasteiger partial charge is 0.310 e. The predicted molar refractivity (Wildman–Crippen MR) is 120 cm³/mol. The number of benzene rings is 1. The highest BCUT2D eigenvalue weighted by Gasteiger charge is 2.24. The third kappa shape index (κ3) is 5.64. The van der Waals surface area contributed by atoms with Crippen LogP contribution in [0.4, 0.5) is 19.0 Å². The van der Waals surface area contributed by atoms with Crippen LogP contribution in [-0.4, -0.2) is 30.6 Å². The highest BCUT2D eigenvalue weighted by Crippen LogP contribution is 2.28. The SMILES string of the molecule is Cn1cc(Cc2ncc(-c3ccc(CC(=O)Nc4cc(C(C)(F)F)ccn4)c(F)c3)cn2)cn1. The number of nitrogens with one attached hydrogen (secondary N) is 1. The zero-order valence-corrected chi connectivity index (χ0v) is 18.5. The van der Waals surface area contributed by atoms with Crippen LogP contribution in [0.15, 0.2) is 61.3 Å². The molecule has 0 saturated carbocycles. The number of alkyl halides is 2. The smallest absolute Gasteiger partial charge is 0.270 e. The van der Waals surface area contributed by atoms with Crippen molar-refractivity contribution in [1.82, 2.24) is 24.7 Å². The Labute approximate surface area is 193 Å². The monoisotopic (exact) mass is 466 g/mol. The van der Waals surface area contributed by atoms with E-state index in [-0.39, 0.29) is 23.4 Å². The first-order chi connectivity index (χ1) is 16.2. The molecule has 1 aromatic carbocycles. The Kier molecular flexibility index (Phi) is 6.40. The van der Waals surface area contributed by atoms with Crippen LogP contribution in [0.25, 0.3) is 11.1 Å². The Bertz CT molecular complexity index is 1320. The van der Waals surface area contributed by atoms with Crippen molar-refractivity contribution in [3.63, 3.8) is 0 Å². The molecule has 7 nitrogen and oxygen atoms in total. The van der Waals surface area contributed by atoms with Crippen molar-refractivity contribution in [2.24, 2.45) is 7.05 Å². The number of anilines is 1. The lowest BCUT2D eigenvalue weighted by molar-refractivity contribution is -0.115. The number of pyridine rings is 1. The lowest BCUT2D eigenvalue weighted by atomic mass is 10.0. The molecule has 3 heterocycles. The van der Waals surface area contributed by atoms with Crippen LogP contribution in [-0.2, 0) is 30.6 Å². The molecular formula is C24H21F3N6O. The fourth-order valence-corrected chi connectivity index (χ4v) is 3.34. The number of carbonyl (C=O) groups is 1. The van der Waals surface area contributed by atoms with Gasteiger partial charge in [0.2, 0.25) is 5.91 Å². The van der Waals surface area contributed by atoms with Crippen LogP contribution in [0, 0.1) is 5.82 Å². The molecule has 0 radical (unpaired) electrons. The molecule has 0 saturated heterocycles. The molecule has 0 atom stereocenters. The molecule has 0 spiro atoms. The summed E-state index contributed by atoms with van der Waals surface area (Å²) in [7, 11) is 1.83. The molecule has 0 unspecified atom stereocenters. The maximum absolute atomic E-state index is 14.7. The molecule has 1 amide bonds. The minimum absolute atomic E-state index is 0.0235. The quantitative estimate of drug-likeness (QED) is 0.439. The van der Waals surface area contributed by atoms with E-state index < -0.39 is 17.6 Å². The van der Waals surface area contributed by atoms with Gasteiger partial charge < -0.3 is 5.32 Å². The summed E-state index contributed by atoms with van der Waals surface area (Å²) in [6.45, 7) is 0.754. The van der Waals surface area contributed by atoms with E-state index in [1.165, 1.54) is 24.4 Å². The lowest BCUT2D eigenvalue weighted by Gasteiger charge is -2.12. The van der Waals surface area contributed by atoms with Crippen LogP contribution < -0.4 is 5.32 Å². The van der Waals surface area contributed by atoms with Gasteiger partial charge in [-0.2, -0.15) is 5.10 Å². The Morgan fingerprint density at radius 3 is 2.47 bits per heavy atom. The van der Waals surface area contributed by atoms with Crippen molar-refractivity contribution >= 4 is 11.7 Å². The molecule has 174 valence electrons. The highest BCUT2D eigenvalue weighted by atomic mass is 19.3. The highest BCUT2D eigenvalue weighted by molar-refractivity contribution is 5.91. The number of aromatic nitrogens is 5. The third-order valence-corrected chi connectivity index (χ3v) is 5.10. The van der Waals surface area contributed by atoms with Crippen LogP contribution in [0.2, 0.25) is 0 Å². The second-order valence-electron chi connectivity index (χ2n) is 7.94. The summed E-state index contributed by atoms with van der Waals surface area (Å²) >= 11 is 0. The van der Waals surface area contributed by atoms with Gasteiger partial charge in [0.1, 0.15) is 17.5 Å². The number of amides is 1. The van der Waals surface area contributed by atoms with Gasteiger partial charge >= 0.3 is 0 Å². The van der Waals surface area contributed by atoms with Crippen molar-refractivity contribution in [3.05, 3.63) is 89.6 Å². The summed E-state index contributed by atoms with van der Waals surface area (Å²) in [6.07, 6.45) is 8.29. The van der Waals surface area contributed by atoms with E-state index in [1.807, 2.05) is 13.2 Å². The standard InChI is InChI=1S/C24H21F3N6O/c1-24(26,27)19-5-6-28-22(10-19)32-23(34)9-17-4-3-16(8-20(17)25)18-12-29-21(30-13-18)7-15-11-31-33(2)14-15/h3-6,8,10-14H,7,9H2,1-2H3,(H,28,32,34). The van der Waals surface area contributed by atoms with Crippen molar-refractivity contribution in [3.8, 4) is 11.1 Å². The number of carbonyl (C=O) groups excluding carboxylic acids is 1. The van der Waals surface area contributed by atoms with Crippen LogP contribution >= 0.6 is 0 Å². The van der Waals surface area contributed by atoms with E-state index in [0.29, 0.717) is 23.4 Å². The molecule has 1 N–H and O–H groups in total. The zero-order chi connectivity index (χ0) is 24.3. The maximum atomic E-state index is 14.7. The van der Waals surface area contributed by atoms with Gasteiger partial charge in [-0.1, -0.05) is 12.1 Å². The fourth-order valence-electron chi connectivity index (χ4n) is 3.34. The minimum Gasteiger partial charge on any atom is -0.310 e. The Hall–Kier alpha value is -4.08. The van der Waals surface area contributed by atoms with Gasteiger partial charge in [0.05, 0.1) is 12.6 Å². The number of nitrogens with zero attached hydrogens (tertiary/aromatic N) is 5. The van der Waals surface area contributed by atoms with E-state index in [2.05, 4.69) is 25.4 Å². The summed E-state index contributed by atoms with van der Waals surface area (Å²) in [5, 5.41) is 6.54. The van der Waals surface area contributed by atoms with Gasteiger partial charge in [-0.15, -0.1) is 0 Å². The van der Waals surface area contributed by atoms with Gasteiger partial charge in [-0.05, 0) is 34.9 Å². The number of rotatable bonds is 7. The molecule has 4 rings (SSSR count). The van der Waals surface area contributed by atoms with E-state index in [0.717, 1.165) is 18.6 Å². The molecule has 0 bridgehead atoms. The van der Waals surface area contributed by atoms with Gasteiger partial charge in [-0.25, -0.2) is 28.1 Å². The molecule has 34 heavy (non-hydrogen) atoms. The van der Waals surface area contributed by atoms with Crippen molar-refractivity contribution < 1.29 is 18.0 Å². The maximum Gasteiger partial charge on any atom is 0.270 e. The minimum atomic E-state index is -3.06. The Balaban J connectivity index is 1.41. The van der Waals surface area contributed by atoms with E-state index in [9.17, 15) is 18.0 Å². The van der Waals surface area contributed by atoms with Crippen molar-refractivity contribution in [1.29, 1.82) is 0 Å². The van der Waals surface area contributed by atoms with E-state index >= 15 is 0 Å². The summed E-state index contributed by atoms with van der Waals surface area (Å²) in [5.41, 5.74) is 2.06. The Morgan fingerprint density at radius 1 is 1.06 bits per heavy atom. The Morgan fingerprint density at radius 2 is 1.82 bits per heavy atom. The number of hydrogen-bond donors (Lipinski definition) is 1. The third-order valence-electron chi connectivity index (χ3n) is 5.10. The zero-order valence-electron chi connectivity index (χ0n) is 18.5. The average Bonchev–Trinajstić information content (AvgIpc) is 3.20. The van der Waals surface area contributed by atoms with Gasteiger partial charge in [0.25, 0.3) is 5.92 Å². The molecule has 3 aromatic heterocycles. The molecule has 4 aromatic rings. The average molecular weight is 466 g/mol. The van der Waals surface area contributed by atoms with Crippen LogP contribution in [0.5, 0.6) is 0 Å². The van der Waals surface area contributed by atoms with Gasteiger partial charge in [0, 0.05) is 56.3 Å². The predicted octanol–water partition coefficient (Wildman–Crippen LogP) is 4.29.